The molecule has 0 saturated heterocycles. The van der Waals surface area contributed by atoms with Gasteiger partial charge in [0.15, 0.2) is 0 Å². The van der Waals surface area contributed by atoms with Crippen molar-refractivity contribution in [1.29, 1.82) is 0 Å². The fourth-order valence-corrected chi connectivity index (χ4v) is 1.93. The number of fused-ring (bicyclic) bond motifs is 1. The molecule has 0 aliphatic heterocycles. The van der Waals surface area contributed by atoms with Gasteiger partial charge in [-0.25, -0.2) is 4.98 Å². The van der Waals surface area contributed by atoms with Crippen LogP contribution >= 0.6 is 11.6 Å². The van der Waals surface area contributed by atoms with E-state index in [4.69, 9.17) is 11.6 Å². The van der Waals surface area contributed by atoms with Crippen molar-refractivity contribution in [2.75, 3.05) is 31.4 Å². The van der Waals surface area contributed by atoms with Crippen LogP contribution in [0.4, 0.5) is 11.5 Å². The zero-order valence-corrected chi connectivity index (χ0v) is 10.3. The number of nitrogens with one attached hydrogen (secondary N) is 1. The summed E-state index contributed by atoms with van der Waals surface area (Å²) in [6.07, 6.45) is 1.84. The van der Waals surface area contributed by atoms with Crippen LogP contribution in [0.2, 0.25) is 5.02 Å². The number of pyridine rings is 1. The lowest BCUT2D eigenvalue weighted by molar-refractivity contribution is 1.08. The first-order chi connectivity index (χ1) is 7.63. The maximum Gasteiger partial charge on any atom is 0.136 e. The highest BCUT2D eigenvalue weighted by molar-refractivity contribution is 6.31. The van der Waals surface area contributed by atoms with Crippen molar-refractivity contribution in [3.63, 3.8) is 0 Å². The van der Waals surface area contributed by atoms with E-state index in [-0.39, 0.29) is 0 Å². The van der Waals surface area contributed by atoms with Crippen molar-refractivity contribution in [3.8, 4) is 0 Å². The Kier molecular flexibility index (Phi) is 2.88. The smallest absolute Gasteiger partial charge is 0.136 e. The summed E-state index contributed by atoms with van der Waals surface area (Å²) in [5, 5.41) is 6.05. The van der Waals surface area contributed by atoms with Gasteiger partial charge >= 0.3 is 0 Å². The molecule has 0 spiro atoms. The fourth-order valence-electron chi connectivity index (χ4n) is 1.76. The second-order valence-electron chi connectivity index (χ2n) is 3.83. The Bertz CT molecular complexity index is 523. The Morgan fingerprint density at radius 1 is 1.25 bits per heavy atom. The van der Waals surface area contributed by atoms with Gasteiger partial charge < -0.3 is 10.2 Å². The topological polar surface area (TPSA) is 28.2 Å². The fraction of sp³-hybridized carbons (Fsp3) is 0.250. The third-order valence-electron chi connectivity index (χ3n) is 2.52. The lowest BCUT2D eigenvalue weighted by Gasteiger charge is -2.16. The minimum atomic E-state index is 0.727. The van der Waals surface area contributed by atoms with Crippen LogP contribution in [0.15, 0.2) is 24.4 Å². The van der Waals surface area contributed by atoms with Gasteiger partial charge in [-0.2, -0.15) is 0 Å². The normalized spacial score (nSPS) is 10.5. The highest BCUT2D eigenvalue weighted by atomic mass is 35.5. The summed E-state index contributed by atoms with van der Waals surface area (Å²) in [6, 6.07) is 5.85. The third-order valence-corrected chi connectivity index (χ3v) is 2.76. The summed E-state index contributed by atoms with van der Waals surface area (Å²) >= 11 is 6.02. The number of hydrogen-bond acceptors (Lipinski definition) is 3. The lowest BCUT2D eigenvalue weighted by atomic mass is 10.1. The molecule has 1 N–H and O–H groups in total. The number of hydrogen-bond donors (Lipinski definition) is 1. The third kappa shape index (κ3) is 1.78. The molecule has 0 unspecified atom stereocenters. The van der Waals surface area contributed by atoms with Crippen LogP contribution < -0.4 is 10.2 Å². The molecule has 0 radical (unpaired) electrons. The first kappa shape index (κ1) is 11.0. The molecule has 84 valence electrons. The average Bonchev–Trinajstić information content (AvgIpc) is 2.26. The Hall–Kier alpha value is -1.48. The van der Waals surface area contributed by atoms with Crippen molar-refractivity contribution < 1.29 is 0 Å². The van der Waals surface area contributed by atoms with E-state index >= 15 is 0 Å². The summed E-state index contributed by atoms with van der Waals surface area (Å²) in [5.41, 5.74) is 1.01. The molecule has 0 aliphatic carbocycles. The highest BCUT2D eigenvalue weighted by Crippen LogP contribution is 2.31. The lowest BCUT2D eigenvalue weighted by Crippen LogP contribution is -2.11. The van der Waals surface area contributed by atoms with Crippen LogP contribution in [0.25, 0.3) is 10.8 Å². The molecule has 3 nitrogen and oxygen atoms in total. The van der Waals surface area contributed by atoms with Gasteiger partial charge in [0.1, 0.15) is 5.82 Å². The summed E-state index contributed by atoms with van der Waals surface area (Å²) < 4.78 is 0. The Balaban J connectivity index is 2.80. The second kappa shape index (κ2) is 4.18. The molecule has 2 rings (SSSR count). The van der Waals surface area contributed by atoms with Crippen molar-refractivity contribution in [2.45, 2.75) is 0 Å². The number of rotatable bonds is 2. The van der Waals surface area contributed by atoms with E-state index in [9.17, 15) is 0 Å². The molecule has 1 aromatic heterocycles. The van der Waals surface area contributed by atoms with Gasteiger partial charge in [0.2, 0.25) is 0 Å². The zero-order chi connectivity index (χ0) is 11.7. The molecule has 16 heavy (non-hydrogen) atoms. The highest BCUT2D eigenvalue weighted by Gasteiger charge is 2.08. The number of anilines is 2. The quantitative estimate of drug-likeness (QED) is 0.868. The standard InChI is InChI=1S/C12H14ClN3/c1-14-11-7-15-12(16(2)3)10-6-8(13)4-5-9(10)11/h4-7,14H,1-3H3. The first-order valence-corrected chi connectivity index (χ1v) is 5.44. The van der Waals surface area contributed by atoms with E-state index in [1.54, 1.807) is 0 Å². The van der Waals surface area contributed by atoms with Crippen LogP contribution in [-0.4, -0.2) is 26.1 Å². The van der Waals surface area contributed by atoms with E-state index in [1.807, 2.05) is 50.4 Å². The summed E-state index contributed by atoms with van der Waals surface area (Å²) in [6.45, 7) is 0. The molecule has 0 aliphatic rings. The molecular weight excluding hydrogens is 222 g/mol. The molecule has 4 heteroatoms. The van der Waals surface area contributed by atoms with Crippen molar-refractivity contribution in [1.82, 2.24) is 4.98 Å². The van der Waals surface area contributed by atoms with Gasteiger partial charge in [0.25, 0.3) is 0 Å². The summed E-state index contributed by atoms with van der Waals surface area (Å²) in [7, 11) is 5.84. The summed E-state index contributed by atoms with van der Waals surface area (Å²) in [5.74, 6) is 0.927. The molecule has 1 aromatic carbocycles. The molecule has 0 amide bonds. The van der Waals surface area contributed by atoms with E-state index in [2.05, 4.69) is 10.3 Å². The van der Waals surface area contributed by atoms with Crippen molar-refractivity contribution >= 4 is 33.9 Å². The SMILES string of the molecule is CNc1cnc(N(C)C)c2cc(Cl)ccc12. The average molecular weight is 236 g/mol. The van der Waals surface area contributed by atoms with Crippen molar-refractivity contribution in [2.24, 2.45) is 0 Å². The number of halogens is 1. The van der Waals surface area contributed by atoms with Crippen LogP contribution in [0.3, 0.4) is 0 Å². The van der Waals surface area contributed by atoms with Crippen LogP contribution in [-0.2, 0) is 0 Å². The Morgan fingerprint density at radius 3 is 2.62 bits per heavy atom. The van der Waals surface area contributed by atoms with E-state index < -0.39 is 0 Å². The van der Waals surface area contributed by atoms with Gasteiger partial charge in [-0.05, 0) is 12.1 Å². The van der Waals surface area contributed by atoms with Crippen LogP contribution in [0.1, 0.15) is 0 Å². The van der Waals surface area contributed by atoms with Crippen LogP contribution in [0.5, 0.6) is 0 Å². The predicted octanol–water partition coefficient (Wildman–Crippen LogP) is 3.00. The van der Waals surface area contributed by atoms with Crippen LogP contribution in [0, 0.1) is 0 Å². The first-order valence-electron chi connectivity index (χ1n) is 5.07. The van der Waals surface area contributed by atoms with Gasteiger partial charge in [-0.3, -0.25) is 0 Å². The molecule has 0 atom stereocenters. The molecule has 0 saturated carbocycles. The minimum absolute atomic E-state index is 0.727. The summed E-state index contributed by atoms with van der Waals surface area (Å²) in [4.78, 5) is 6.41. The number of aromatic nitrogens is 1. The largest absolute Gasteiger partial charge is 0.386 e. The Morgan fingerprint density at radius 2 is 2.00 bits per heavy atom. The van der Waals surface area contributed by atoms with Crippen molar-refractivity contribution in [3.05, 3.63) is 29.4 Å². The van der Waals surface area contributed by atoms with E-state index in [0.717, 1.165) is 27.3 Å². The molecular formula is C12H14ClN3. The van der Waals surface area contributed by atoms with Gasteiger partial charge in [0.05, 0.1) is 11.9 Å². The molecule has 0 fully saturated rings. The van der Waals surface area contributed by atoms with Gasteiger partial charge in [-0.15, -0.1) is 0 Å². The van der Waals surface area contributed by atoms with E-state index in [1.165, 1.54) is 0 Å². The maximum absolute atomic E-state index is 6.02. The zero-order valence-electron chi connectivity index (χ0n) is 9.58. The van der Waals surface area contributed by atoms with Gasteiger partial charge in [0, 0.05) is 36.9 Å². The minimum Gasteiger partial charge on any atom is -0.386 e. The molecule has 1 heterocycles. The maximum atomic E-state index is 6.02. The molecule has 0 bridgehead atoms. The van der Waals surface area contributed by atoms with E-state index in [0.29, 0.717) is 0 Å². The Labute approximate surface area is 100 Å². The molecule has 2 aromatic rings. The number of benzene rings is 1. The number of nitrogens with zero attached hydrogens (tertiary/aromatic N) is 2. The predicted molar refractivity (Wildman–Crippen MR) is 70.6 cm³/mol. The second-order valence-corrected chi connectivity index (χ2v) is 4.27. The monoisotopic (exact) mass is 235 g/mol. The van der Waals surface area contributed by atoms with Gasteiger partial charge in [-0.1, -0.05) is 17.7 Å².